The van der Waals surface area contributed by atoms with Crippen LogP contribution in [0.5, 0.6) is 17.2 Å². The summed E-state index contributed by atoms with van der Waals surface area (Å²) < 4.78 is 13.0. The van der Waals surface area contributed by atoms with E-state index in [1.165, 1.54) is 58.4 Å². The number of aromatic hydroxyl groups is 1. The average Bonchev–Trinajstić information content (AvgIpc) is 3.76. The molecule has 5 rings (SSSR count). The van der Waals surface area contributed by atoms with E-state index in [2.05, 4.69) is 66.1 Å². The predicted octanol–water partition coefficient (Wildman–Crippen LogP) is 3.85. The summed E-state index contributed by atoms with van der Waals surface area (Å²) in [6.45, 7) is 11.4. The van der Waals surface area contributed by atoms with Gasteiger partial charge in [0.05, 0.1) is 7.11 Å². The number of thiophene rings is 1. The van der Waals surface area contributed by atoms with Gasteiger partial charge in [0.2, 0.25) is 0 Å². The second-order valence-corrected chi connectivity index (χ2v) is 12.6. The Hall–Kier alpha value is -5.26. The number of aliphatic carboxylic acids is 4. The summed E-state index contributed by atoms with van der Waals surface area (Å²) in [7, 11) is 1.76. The molecule has 1 saturated heterocycles. The number of methoxy groups -OCH3 is 1. The van der Waals surface area contributed by atoms with Gasteiger partial charge in [0, 0.05) is 28.2 Å². The Morgan fingerprint density at radius 1 is 0.811 bits per heavy atom. The lowest BCUT2D eigenvalue weighted by molar-refractivity contribution is -0.159. The molecule has 2 heterocycles. The molecule has 0 bridgehead atoms. The third-order valence-electron chi connectivity index (χ3n) is 8.15. The van der Waals surface area contributed by atoms with Gasteiger partial charge < -0.3 is 46.0 Å². The van der Waals surface area contributed by atoms with E-state index < -0.39 is 23.9 Å². The van der Waals surface area contributed by atoms with Crippen LogP contribution in [0.15, 0.2) is 60.7 Å². The van der Waals surface area contributed by atoms with Gasteiger partial charge in [-0.2, -0.15) is 0 Å². The number of fused-ring (bicyclic) bond motifs is 1. The molecule has 3 aromatic carbocycles. The van der Waals surface area contributed by atoms with Crippen LogP contribution in [-0.2, 0) is 32.1 Å². The Morgan fingerprint density at radius 3 is 1.92 bits per heavy atom. The van der Waals surface area contributed by atoms with Crippen molar-refractivity contribution < 1.29 is 65.1 Å². The minimum atomic E-state index is -1.82. The summed E-state index contributed by atoms with van der Waals surface area (Å²) in [5.74, 6) is -5.15. The van der Waals surface area contributed by atoms with Gasteiger partial charge in [0.1, 0.15) is 23.9 Å². The maximum atomic E-state index is 10.2. The van der Waals surface area contributed by atoms with E-state index in [1.54, 1.807) is 24.5 Å². The Kier molecular flexibility index (Phi) is 19.5. The molecule has 0 unspecified atom stereocenters. The first-order valence-electron chi connectivity index (χ1n) is 16.4. The highest BCUT2D eigenvalue weighted by Gasteiger charge is 2.17. The maximum absolute atomic E-state index is 10.2. The lowest BCUT2D eigenvalue weighted by Gasteiger charge is -2.20. The molecule has 0 aliphatic carbocycles. The lowest BCUT2D eigenvalue weighted by Crippen LogP contribution is -2.25. The van der Waals surface area contributed by atoms with Crippen LogP contribution in [0.1, 0.15) is 43.4 Å². The van der Waals surface area contributed by atoms with Crippen LogP contribution in [0.2, 0.25) is 0 Å². The molecular weight excluding hydrogens is 712 g/mol. The highest BCUT2D eigenvalue weighted by atomic mass is 32.1. The molecule has 0 spiro atoms. The molecule has 0 radical (unpaired) electrons. The van der Waals surface area contributed by atoms with Crippen molar-refractivity contribution in [1.82, 2.24) is 9.80 Å². The Balaban J connectivity index is 0.000000870. The average molecular weight is 761 g/mol. The maximum Gasteiger partial charge on any atom is 0.414 e. The van der Waals surface area contributed by atoms with Crippen molar-refractivity contribution in [3.05, 3.63) is 77.4 Å². The molecule has 0 amide bonds. The van der Waals surface area contributed by atoms with Crippen LogP contribution in [0.3, 0.4) is 0 Å². The molecule has 9 N–H and O–H groups in total. The summed E-state index contributed by atoms with van der Waals surface area (Å²) in [6.07, 6.45) is 3.39. The largest absolute Gasteiger partial charge is 0.508 e. The first-order chi connectivity index (χ1) is 24.4. The van der Waals surface area contributed by atoms with E-state index in [9.17, 15) is 5.11 Å². The van der Waals surface area contributed by atoms with Gasteiger partial charge >= 0.3 is 23.9 Å². The molecule has 15 nitrogen and oxygen atoms in total. The third-order valence-corrected chi connectivity index (χ3v) is 9.40. The number of rotatable bonds is 12. The Labute approximate surface area is 310 Å². The molecule has 0 atom stereocenters. The summed E-state index contributed by atoms with van der Waals surface area (Å²) in [5.41, 5.74) is 4.87. The number of ether oxygens (including phenoxy) is 2. The topological polar surface area (TPSA) is 257 Å². The van der Waals surface area contributed by atoms with Gasteiger partial charge in [0.15, 0.2) is 0 Å². The van der Waals surface area contributed by atoms with Crippen molar-refractivity contribution in [1.29, 1.82) is 0 Å². The van der Waals surface area contributed by atoms with Crippen LogP contribution < -0.4 is 9.47 Å². The first kappa shape index (κ1) is 45.8. The second kappa shape index (κ2) is 22.6. The number of carbonyl (C=O) groups is 4. The van der Waals surface area contributed by atoms with Crippen molar-refractivity contribution >= 4 is 45.3 Å². The van der Waals surface area contributed by atoms with Crippen LogP contribution in [0, 0.1) is 0 Å². The summed E-state index contributed by atoms with van der Waals surface area (Å²) in [4.78, 5) is 42.5. The molecule has 1 fully saturated rings. The molecule has 4 aromatic rings. The van der Waals surface area contributed by atoms with Crippen LogP contribution in [0.4, 0.5) is 0 Å². The van der Waals surface area contributed by atoms with E-state index in [0.29, 0.717) is 5.75 Å². The standard InChI is InChI=1S/C33H40N2O3S.2C2H2O4.2H2O/c1-4-34(5-2)23-26-9-8-24(21-31(26)37-3)20-30-29-15-12-27(36)22-32(29)39-33(30)25-10-13-28(14-11-25)38-19-18-35-16-6-7-17-35;2*3-1(4)2(5)6;;/h8-15,21-22,36H,4-7,16-20,23H2,1-3H3;2*(H,3,4)(H,5,6);2*1H2. The molecule has 0 saturated carbocycles. The second-order valence-electron chi connectivity index (χ2n) is 11.5. The van der Waals surface area contributed by atoms with Gasteiger partial charge in [-0.15, -0.1) is 11.3 Å². The zero-order valence-electron chi connectivity index (χ0n) is 29.8. The van der Waals surface area contributed by atoms with Gasteiger partial charge in [-0.1, -0.05) is 26.0 Å². The number of benzene rings is 3. The van der Waals surface area contributed by atoms with E-state index in [0.717, 1.165) is 55.4 Å². The van der Waals surface area contributed by atoms with Crippen LogP contribution in [0.25, 0.3) is 20.5 Å². The van der Waals surface area contributed by atoms with Gasteiger partial charge in [-0.25, -0.2) is 19.2 Å². The van der Waals surface area contributed by atoms with E-state index >= 15 is 0 Å². The third kappa shape index (κ3) is 14.0. The molecule has 290 valence electrons. The number of phenolic OH excluding ortho intramolecular Hbond substituents is 1. The highest BCUT2D eigenvalue weighted by molar-refractivity contribution is 7.22. The van der Waals surface area contributed by atoms with E-state index in [-0.39, 0.29) is 11.0 Å². The monoisotopic (exact) mass is 760 g/mol. The van der Waals surface area contributed by atoms with Crippen molar-refractivity contribution in [2.45, 2.75) is 39.7 Å². The smallest absolute Gasteiger partial charge is 0.414 e. The van der Waals surface area contributed by atoms with Gasteiger partial charge in [0.25, 0.3) is 0 Å². The fourth-order valence-corrected chi connectivity index (χ4v) is 6.73. The summed E-state index contributed by atoms with van der Waals surface area (Å²) in [6, 6.07) is 20.8. The fourth-order valence-electron chi connectivity index (χ4n) is 5.47. The zero-order chi connectivity index (χ0) is 37.5. The number of carboxylic acid groups (broad SMARTS) is 4. The van der Waals surface area contributed by atoms with Crippen molar-refractivity contribution in [3.63, 3.8) is 0 Å². The first-order valence-corrected chi connectivity index (χ1v) is 17.2. The van der Waals surface area contributed by atoms with E-state index in [1.807, 2.05) is 12.1 Å². The van der Waals surface area contributed by atoms with Gasteiger partial charge in [-0.05, 0) is 116 Å². The minimum absolute atomic E-state index is 0. The Bertz CT molecular complexity index is 1740. The number of nitrogens with zero attached hydrogens (tertiary/aromatic N) is 2. The lowest BCUT2D eigenvalue weighted by atomic mass is 9.97. The Morgan fingerprint density at radius 2 is 1.40 bits per heavy atom. The molecule has 1 aliphatic heterocycles. The molecule has 53 heavy (non-hydrogen) atoms. The summed E-state index contributed by atoms with van der Waals surface area (Å²) in [5, 5.41) is 40.9. The summed E-state index contributed by atoms with van der Waals surface area (Å²) >= 11 is 1.73. The molecule has 1 aliphatic rings. The predicted molar refractivity (Wildman–Crippen MR) is 200 cm³/mol. The number of carboxylic acids is 4. The van der Waals surface area contributed by atoms with Crippen LogP contribution >= 0.6 is 11.3 Å². The van der Waals surface area contributed by atoms with Crippen molar-refractivity contribution in [2.24, 2.45) is 0 Å². The van der Waals surface area contributed by atoms with Crippen molar-refractivity contribution in [2.75, 3.05) is 46.4 Å². The number of likely N-dealkylation sites (tertiary alicyclic amines) is 1. The minimum Gasteiger partial charge on any atom is -0.508 e. The van der Waals surface area contributed by atoms with E-state index in [4.69, 9.17) is 49.1 Å². The fraction of sp³-hybridized carbons (Fsp3) is 0.351. The SMILES string of the molecule is CCN(CC)Cc1ccc(Cc2c(-c3ccc(OCCN4CCCC4)cc3)sc3cc(O)ccc23)cc1OC.O.O.O=C(O)C(=O)O.O=C(O)C(=O)O. The highest BCUT2D eigenvalue weighted by Crippen LogP contribution is 2.42. The van der Waals surface area contributed by atoms with Crippen LogP contribution in [-0.4, -0.2) is 117 Å². The number of phenols is 1. The normalized spacial score (nSPS) is 11.9. The number of hydrogen-bond donors (Lipinski definition) is 5. The molecule has 16 heteroatoms. The number of hydrogen-bond acceptors (Lipinski definition) is 10. The molecule has 1 aromatic heterocycles. The van der Waals surface area contributed by atoms with Gasteiger partial charge in [-0.3, -0.25) is 9.80 Å². The quantitative estimate of drug-likeness (QED) is 0.129. The zero-order valence-corrected chi connectivity index (χ0v) is 30.6. The molecular formula is C37H48N2O13S. The van der Waals surface area contributed by atoms with Crippen molar-refractivity contribution in [3.8, 4) is 27.7 Å².